The van der Waals surface area contributed by atoms with Gasteiger partial charge in [-0.15, -0.1) is 0 Å². The average Bonchev–Trinajstić information content (AvgIpc) is 2.89. The minimum Gasteiger partial charge on any atom is -0.466 e. The summed E-state index contributed by atoms with van der Waals surface area (Å²) in [6, 6.07) is 25.4. The van der Waals surface area contributed by atoms with Gasteiger partial charge in [0.1, 0.15) is 0 Å². The van der Waals surface area contributed by atoms with Crippen LogP contribution in [0.3, 0.4) is 0 Å². The van der Waals surface area contributed by atoms with E-state index in [0.717, 1.165) is 54.2 Å². The van der Waals surface area contributed by atoms with Crippen LogP contribution in [0.2, 0.25) is 5.02 Å². The summed E-state index contributed by atoms with van der Waals surface area (Å²) in [4.78, 5) is 15.2. The molecule has 1 saturated heterocycles. The van der Waals surface area contributed by atoms with Crippen molar-refractivity contribution in [1.29, 1.82) is 0 Å². The molecule has 0 spiro atoms. The summed E-state index contributed by atoms with van der Waals surface area (Å²) in [5.74, 6) is -0.0731. The van der Waals surface area contributed by atoms with Crippen LogP contribution < -0.4 is 4.31 Å². The van der Waals surface area contributed by atoms with Crippen molar-refractivity contribution in [1.82, 2.24) is 4.90 Å². The predicted molar refractivity (Wildman–Crippen MR) is 142 cm³/mol. The van der Waals surface area contributed by atoms with E-state index >= 15 is 0 Å². The molecular weight excluding hydrogens is 480 g/mol. The maximum atomic E-state index is 13.6. The molecule has 3 aromatic carbocycles. The Labute approximate surface area is 215 Å². The predicted octanol–water partition coefficient (Wildman–Crippen LogP) is 5.84. The van der Waals surface area contributed by atoms with E-state index in [1.807, 2.05) is 78.0 Å². The highest BCUT2D eigenvalue weighted by molar-refractivity contribution is 7.86. The molecule has 0 radical (unpaired) electrons. The molecule has 0 aliphatic carbocycles. The standard InChI is InChI=1S/C28H31ClN2O3S/c1-2-34-28(32)24-15-17-30(18-16-24)20-23-7-6-8-26(19-23)31(21-22-11-13-25(29)14-12-22)35(33)27-9-4-3-5-10-27/h3-14,19,24H,2,15-18,20-21H2,1H3. The van der Waals surface area contributed by atoms with Gasteiger partial charge in [-0.3, -0.25) is 14.0 Å². The molecule has 1 fully saturated rings. The third kappa shape index (κ3) is 6.94. The molecule has 184 valence electrons. The van der Waals surface area contributed by atoms with E-state index in [1.165, 1.54) is 0 Å². The van der Waals surface area contributed by atoms with Gasteiger partial charge in [-0.2, -0.15) is 0 Å². The van der Waals surface area contributed by atoms with Crippen LogP contribution in [0, 0.1) is 5.92 Å². The number of nitrogens with zero attached hydrogens (tertiary/aromatic N) is 2. The highest BCUT2D eigenvalue weighted by atomic mass is 35.5. The zero-order valence-electron chi connectivity index (χ0n) is 19.9. The molecule has 0 amide bonds. The van der Waals surface area contributed by atoms with Crippen LogP contribution in [0.25, 0.3) is 0 Å². The molecule has 1 aliphatic heterocycles. The number of hydrogen-bond acceptors (Lipinski definition) is 4. The van der Waals surface area contributed by atoms with Crippen molar-refractivity contribution in [3.8, 4) is 0 Å². The van der Waals surface area contributed by atoms with Crippen LogP contribution in [0.1, 0.15) is 30.9 Å². The molecule has 1 aliphatic rings. The van der Waals surface area contributed by atoms with E-state index < -0.39 is 11.0 Å². The Hall–Kier alpha value is -2.67. The van der Waals surface area contributed by atoms with E-state index in [9.17, 15) is 9.00 Å². The van der Waals surface area contributed by atoms with Crippen molar-refractivity contribution in [2.75, 3.05) is 24.0 Å². The second-order valence-corrected chi connectivity index (χ2v) is 10.5. The number of rotatable bonds is 9. The minimum absolute atomic E-state index is 0.000644. The lowest BCUT2D eigenvalue weighted by Crippen LogP contribution is -2.36. The highest BCUT2D eigenvalue weighted by Crippen LogP contribution is 2.26. The summed E-state index contributed by atoms with van der Waals surface area (Å²) in [5.41, 5.74) is 3.09. The lowest BCUT2D eigenvalue weighted by Gasteiger charge is -2.31. The monoisotopic (exact) mass is 510 g/mol. The molecule has 0 bridgehead atoms. The molecule has 3 aromatic rings. The number of ether oxygens (including phenoxy) is 1. The van der Waals surface area contributed by atoms with Crippen LogP contribution in [-0.2, 0) is 33.6 Å². The molecule has 7 heteroatoms. The quantitative estimate of drug-likeness (QED) is 0.339. The zero-order valence-corrected chi connectivity index (χ0v) is 21.5. The number of hydrogen-bond donors (Lipinski definition) is 0. The number of carbonyl (C=O) groups excluding carboxylic acids is 1. The Morgan fingerprint density at radius 1 is 1.00 bits per heavy atom. The number of piperidine rings is 1. The van der Waals surface area contributed by atoms with E-state index in [1.54, 1.807) is 0 Å². The molecule has 1 heterocycles. The van der Waals surface area contributed by atoms with Crippen molar-refractivity contribution in [3.63, 3.8) is 0 Å². The van der Waals surface area contributed by atoms with E-state index in [-0.39, 0.29) is 11.9 Å². The SMILES string of the molecule is CCOC(=O)C1CCN(Cc2cccc(N(Cc3ccc(Cl)cc3)S(=O)c3ccccc3)c2)CC1. The first kappa shape index (κ1) is 25.4. The molecule has 4 rings (SSSR count). The topological polar surface area (TPSA) is 49.9 Å². The maximum Gasteiger partial charge on any atom is 0.309 e. The molecule has 0 aromatic heterocycles. The molecule has 1 unspecified atom stereocenters. The lowest BCUT2D eigenvalue weighted by atomic mass is 9.96. The number of carbonyl (C=O) groups is 1. The second-order valence-electron chi connectivity index (χ2n) is 8.70. The Bertz CT molecular complexity index is 1130. The molecule has 1 atom stereocenters. The summed E-state index contributed by atoms with van der Waals surface area (Å²) in [7, 11) is -1.37. The summed E-state index contributed by atoms with van der Waals surface area (Å²) in [6.07, 6.45) is 1.64. The fourth-order valence-electron chi connectivity index (χ4n) is 4.32. The van der Waals surface area contributed by atoms with Gasteiger partial charge in [-0.05, 0) is 80.4 Å². The van der Waals surface area contributed by atoms with Gasteiger partial charge in [-0.25, -0.2) is 4.21 Å². The van der Waals surface area contributed by atoms with Crippen molar-refractivity contribution in [2.45, 2.75) is 37.8 Å². The van der Waals surface area contributed by atoms with Crippen LogP contribution in [0.4, 0.5) is 5.69 Å². The van der Waals surface area contributed by atoms with E-state index in [0.29, 0.717) is 18.2 Å². The van der Waals surface area contributed by atoms with E-state index in [4.69, 9.17) is 16.3 Å². The van der Waals surface area contributed by atoms with Gasteiger partial charge in [0, 0.05) is 11.6 Å². The summed E-state index contributed by atoms with van der Waals surface area (Å²) in [6.45, 7) is 5.28. The lowest BCUT2D eigenvalue weighted by molar-refractivity contribution is -0.149. The van der Waals surface area contributed by atoms with Gasteiger partial charge in [0.15, 0.2) is 11.0 Å². The largest absolute Gasteiger partial charge is 0.466 e. The van der Waals surface area contributed by atoms with Crippen molar-refractivity contribution >= 4 is 34.2 Å². The molecule has 0 saturated carbocycles. The molecular formula is C28H31ClN2O3S. The smallest absolute Gasteiger partial charge is 0.309 e. The van der Waals surface area contributed by atoms with Gasteiger partial charge >= 0.3 is 5.97 Å². The first-order valence-electron chi connectivity index (χ1n) is 12.0. The summed E-state index contributed by atoms with van der Waals surface area (Å²) >= 11 is 6.08. The Balaban J connectivity index is 1.50. The first-order chi connectivity index (χ1) is 17.0. The van der Waals surface area contributed by atoms with Gasteiger partial charge in [0.05, 0.1) is 29.7 Å². The molecule has 35 heavy (non-hydrogen) atoms. The van der Waals surface area contributed by atoms with Gasteiger partial charge in [-0.1, -0.05) is 54.1 Å². The summed E-state index contributed by atoms with van der Waals surface area (Å²) < 4.78 is 20.7. The zero-order chi connectivity index (χ0) is 24.6. The fraction of sp³-hybridized carbons (Fsp3) is 0.321. The van der Waals surface area contributed by atoms with Crippen molar-refractivity contribution in [3.05, 3.63) is 95.0 Å². The Morgan fingerprint density at radius 3 is 2.40 bits per heavy atom. The fourth-order valence-corrected chi connectivity index (χ4v) is 5.66. The van der Waals surface area contributed by atoms with Crippen molar-refractivity contribution in [2.24, 2.45) is 5.92 Å². The number of anilines is 1. The molecule has 5 nitrogen and oxygen atoms in total. The highest BCUT2D eigenvalue weighted by Gasteiger charge is 2.26. The van der Waals surface area contributed by atoms with Crippen LogP contribution in [0.5, 0.6) is 0 Å². The second kappa shape index (κ2) is 12.3. The maximum absolute atomic E-state index is 13.6. The third-order valence-electron chi connectivity index (χ3n) is 6.20. The first-order valence-corrected chi connectivity index (χ1v) is 13.5. The van der Waals surface area contributed by atoms with Gasteiger partial charge < -0.3 is 4.74 Å². The van der Waals surface area contributed by atoms with Gasteiger partial charge in [0.2, 0.25) is 0 Å². The van der Waals surface area contributed by atoms with Crippen molar-refractivity contribution < 1.29 is 13.7 Å². The van der Waals surface area contributed by atoms with Crippen LogP contribution in [-0.4, -0.2) is 34.8 Å². The van der Waals surface area contributed by atoms with Crippen LogP contribution in [0.15, 0.2) is 83.8 Å². The number of halogens is 1. The minimum atomic E-state index is -1.37. The summed E-state index contributed by atoms with van der Waals surface area (Å²) in [5, 5.41) is 0.679. The van der Waals surface area contributed by atoms with E-state index in [2.05, 4.69) is 17.0 Å². The van der Waals surface area contributed by atoms with Gasteiger partial charge in [0.25, 0.3) is 0 Å². The number of esters is 1. The molecule has 0 N–H and O–H groups in total. The normalized spacial score (nSPS) is 15.5. The number of benzene rings is 3. The van der Waals surface area contributed by atoms with Crippen LogP contribution >= 0.6 is 11.6 Å². The Kier molecular flexibility index (Phi) is 8.96. The Morgan fingerprint density at radius 2 is 1.71 bits per heavy atom. The third-order valence-corrected chi connectivity index (χ3v) is 7.86. The number of likely N-dealkylation sites (tertiary alicyclic amines) is 1. The average molecular weight is 511 g/mol.